The predicted octanol–water partition coefficient (Wildman–Crippen LogP) is 3.28. The largest absolute Gasteiger partial charge is 0.486 e. The molecule has 1 fully saturated rings. The summed E-state index contributed by atoms with van der Waals surface area (Å²) >= 11 is 0. The first kappa shape index (κ1) is 21.9. The predicted molar refractivity (Wildman–Crippen MR) is 113 cm³/mol. The molecule has 0 aromatic heterocycles. The Bertz CT molecular complexity index is 660. The van der Waals surface area contributed by atoms with Crippen molar-refractivity contribution in [3.05, 3.63) is 23.8 Å². The average molecular weight is 405 g/mol. The number of amides is 1. The Morgan fingerprint density at radius 3 is 2.55 bits per heavy atom. The van der Waals surface area contributed by atoms with Crippen LogP contribution in [0, 0.1) is 11.8 Å². The summed E-state index contributed by atoms with van der Waals surface area (Å²) in [7, 11) is 0. The molecule has 3 rings (SSSR count). The monoisotopic (exact) mass is 404 g/mol. The molecule has 1 aromatic rings. The third kappa shape index (κ3) is 5.86. The summed E-state index contributed by atoms with van der Waals surface area (Å²) in [5, 5.41) is 11.3. The maximum absolute atomic E-state index is 12.4. The molecule has 0 saturated carbocycles. The van der Waals surface area contributed by atoms with Crippen molar-refractivity contribution < 1.29 is 19.4 Å². The van der Waals surface area contributed by atoms with Crippen molar-refractivity contribution in [3.63, 3.8) is 0 Å². The van der Waals surface area contributed by atoms with Crippen LogP contribution in [0.15, 0.2) is 18.2 Å². The standard InChI is InChI=1S/C23H36N2O4/c1-2-3-4-5-8-18(23(24)27)19(16-25-11-6-7-12-25)22(26)17-9-10-20-21(15-17)29-14-13-28-20/h9-10,15,18-19,22,26H,2-8,11-14,16H2,1H3,(H2,24,27)/t18?,19-,22-/m0/s1. The van der Waals surface area contributed by atoms with E-state index in [-0.39, 0.29) is 17.7 Å². The molecule has 29 heavy (non-hydrogen) atoms. The Labute approximate surface area is 174 Å². The van der Waals surface area contributed by atoms with Crippen LogP contribution in [0.25, 0.3) is 0 Å². The van der Waals surface area contributed by atoms with Crippen LogP contribution in [0.3, 0.4) is 0 Å². The summed E-state index contributed by atoms with van der Waals surface area (Å²) in [6, 6.07) is 5.58. The number of aliphatic hydroxyl groups is 1. The highest BCUT2D eigenvalue weighted by Gasteiger charge is 2.35. The van der Waals surface area contributed by atoms with E-state index in [1.54, 1.807) is 0 Å². The molecule has 2 aliphatic heterocycles. The topological polar surface area (TPSA) is 85.0 Å². The number of unbranched alkanes of at least 4 members (excludes halogenated alkanes) is 3. The number of hydrogen-bond donors (Lipinski definition) is 2. The van der Waals surface area contributed by atoms with E-state index >= 15 is 0 Å². The van der Waals surface area contributed by atoms with E-state index in [0.29, 0.717) is 31.3 Å². The molecule has 1 aromatic carbocycles. The lowest BCUT2D eigenvalue weighted by Gasteiger charge is -2.33. The van der Waals surface area contributed by atoms with Crippen molar-refractivity contribution >= 4 is 5.91 Å². The van der Waals surface area contributed by atoms with E-state index in [9.17, 15) is 9.90 Å². The minimum atomic E-state index is -0.768. The molecule has 162 valence electrons. The highest BCUT2D eigenvalue weighted by Crippen LogP contribution is 2.38. The molecule has 0 aliphatic carbocycles. The van der Waals surface area contributed by atoms with Gasteiger partial charge in [-0.2, -0.15) is 0 Å². The van der Waals surface area contributed by atoms with Crippen LogP contribution in [0.2, 0.25) is 0 Å². The average Bonchev–Trinajstić information content (AvgIpc) is 3.24. The number of fused-ring (bicyclic) bond motifs is 1. The molecule has 0 bridgehead atoms. The molecular formula is C23H36N2O4. The van der Waals surface area contributed by atoms with Crippen LogP contribution in [0.5, 0.6) is 11.5 Å². The Hall–Kier alpha value is -1.79. The zero-order valence-electron chi connectivity index (χ0n) is 17.6. The second kappa shape index (κ2) is 10.8. The highest BCUT2D eigenvalue weighted by molar-refractivity contribution is 5.77. The van der Waals surface area contributed by atoms with Crippen molar-refractivity contribution in [2.75, 3.05) is 32.8 Å². The maximum atomic E-state index is 12.4. The first-order valence-corrected chi connectivity index (χ1v) is 11.2. The Morgan fingerprint density at radius 1 is 1.14 bits per heavy atom. The Morgan fingerprint density at radius 2 is 1.86 bits per heavy atom. The SMILES string of the molecule is CCCCCCC(C(N)=O)[C@H](CN1CCCC1)[C@@H](O)c1ccc2c(c1)OCCO2. The fourth-order valence-electron chi connectivity index (χ4n) is 4.56. The van der Waals surface area contributed by atoms with Crippen molar-refractivity contribution in [2.45, 2.75) is 58.0 Å². The summed E-state index contributed by atoms with van der Waals surface area (Å²) in [5.74, 6) is 0.494. The van der Waals surface area contributed by atoms with Crippen molar-refractivity contribution in [1.29, 1.82) is 0 Å². The number of aliphatic hydroxyl groups excluding tert-OH is 1. The minimum absolute atomic E-state index is 0.227. The quantitative estimate of drug-likeness (QED) is 0.553. The van der Waals surface area contributed by atoms with E-state index < -0.39 is 6.10 Å². The van der Waals surface area contributed by atoms with Crippen LogP contribution in [0.4, 0.5) is 0 Å². The smallest absolute Gasteiger partial charge is 0.220 e. The van der Waals surface area contributed by atoms with Gasteiger partial charge in [0.1, 0.15) is 13.2 Å². The molecule has 6 heteroatoms. The first-order valence-electron chi connectivity index (χ1n) is 11.2. The molecule has 1 unspecified atom stereocenters. The van der Waals surface area contributed by atoms with E-state index in [1.807, 2.05) is 18.2 Å². The van der Waals surface area contributed by atoms with Gasteiger partial charge in [0.2, 0.25) is 5.91 Å². The van der Waals surface area contributed by atoms with Gasteiger partial charge in [0.05, 0.1) is 6.10 Å². The van der Waals surface area contributed by atoms with Gasteiger partial charge in [-0.15, -0.1) is 0 Å². The van der Waals surface area contributed by atoms with Crippen LogP contribution in [-0.4, -0.2) is 48.8 Å². The summed E-state index contributed by atoms with van der Waals surface area (Å²) in [6.07, 6.45) is 6.67. The number of hydrogen-bond acceptors (Lipinski definition) is 5. The molecule has 3 N–H and O–H groups in total. The number of likely N-dealkylation sites (tertiary alicyclic amines) is 1. The normalized spacial score (nSPS) is 19.7. The van der Waals surface area contributed by atoms with E-state index in [2.05, 4.69) is 11.8 Å². The van der Waals surface area contributed by atoms with Gasteiger partial charge >= 0.3 is 0 Å². The van der Waals surface area contributed by atoms with Crippen molar-refractivity contribution in [3.8, 4) is 11.5 Å². The summed E-state index contributed by atoms with van der Waals surface area (Å²) in [4.78, 5) is 14.7. The van der Waals surface area contributed by atoms with Gasteiger partial charge < -0.3 is 25.2 Å². The number of carbonyl (C=O) groups is 1. The molecule has 0 spiro atoms. The lowest BCUT2D eigenvalue weighted by Crippen LogP contribution is -2.40. The summed E-state index contributed by atoms with van der Waals surface area (Å²) in [6.45, 7) is 5.95. The molecule has 1 amide bonds. The number of nitrogens with zero attached hydrogens (tertiary/aromatic N) is 1. The van der Waals surface area contributed by atoms with Crippen LogP contribution in [-0.2, 0) is 4.79 Å². The number of benzene rings is 1. The molecule has 0 radical (unpaired) electrons. The molecule has 3 atom stereocenters. The highest BCUT2D eigenvalue weighted by atomic mass is 16.6. The fraction of sp³-hybridized carbons (Fsp3) is 0.696. The van der Waals surface area contributed by atoms with Gasteiger partial charge in [-0.05, 0) is 50.0 Å². The van der Waals surface area contributed by atoms with Gasteiger partial charge in [-0.1, -0.05) is 38.7 Å². The van der Waals surface area contributed by atoms with Gasteiger partial charge in [0.15, 0.2) is 11.5 Å². The second-order valence-corrected chi connectivity index (χ2v) is 8.38. The third-order valence-corrected chi connectivity index (χ3v) is 6.23. The van der Waals surface area contributed by atoms with Gasteiger partial charge in [0.25, 0.3) is 0 Å². The Kier molecular flexibility index (Phi) is 8.19. The van der Waals surface area contributed by atoms with Crippen molar-refractivity contribution in [1.82, 2.24) is 4.90 Å². The van der Waals surface area contributed by atoms with Gasteiger partial charge in [-0.3, -0.25) is 4.79 Å². The summed E-state index contributed by atoms with van der Waals surface area (Å²) in [5.41, 5.74) is 6.60. The molecule has 2 aliphatic rings. The zero-order chi connectivity index (χ0) is 20.6. The number of primary amides is 1. The minimum Gasteiger partial charge on any atom is -0.486 e. The Balaban J connectivity index is 1.79. The van der Waals surface area contributed by atoms with Gasteiger partial charge in [0, 0.05) is 18.4 Å². The number of ether oxygens (including phenoxy) is 2. The van der Waals surface area contributed by atoms with E-state index in [0.717, 1.165) is 50.8 Å². The molecule has 6 nitrogen and oxygen atoms in total. The van der Waals surface area contributed by atoms with Crippen LogP contribution in [0.1, 0.15) is 63.5 Å². The zero-order valence-corrected chi connectivity index (χ0v) is 17.6. The lowest BCUT2D eigenvalue weighted by atomic mass is 9.80. The van der Waals surface area contributed by atoms with Crippen LogP contribution >= 0.6 is 0 Å². The lowest BCUT2D eigenvalue weighted by molar-refractivity contribution is -0.126. The molecule has 1 saturated heterocycles. The fourth-order valence-corrected chi connectivity index (χ4v) is 4.56. The molecule has 2 heterocycles. The van der Waals surface area contributed by atoms with E-state index in [4.69, 9.17) is 15.2 Å². The number of rotatable bonds is 11. The first-order chi connectivity index (χ1) is 14.1. The van der Waals surface area contributed by atoms with Gasteiger partial charge in [-0.25, -0.2) is 0 Å². The third-order valence-electron chi connectivity index (χ3n) is 6.23. The van der Waals surface area contributed by atoms with Crippen molar-refractivity contribution in [2.24, 2.45) is 17.6 Å². The second-order valence-electron chi connectivity index (χ2n) is 8.38. The molecular weight excluding hydrogens is 368 g/mol. The van der Waals surface area contributed by atoms with E-state index in [1.165, 1.54) is 12.8 Å². The van der Waals surface area contributed by atoms with Crippen LogP contribution < -0.4 is 15.2 Å². The number of carbonyl (C=O) groups excluding carboxylic acids is 1. The maximum Gasteiger partial charge on any atom is 0.220 e. The number of nitrogens with two attached hydrogens (primary N) is 1. The summed E-state index contributed by atoms with van der Waals surface area (Å²) < 4.78 is 11.3.